The van der Waals surface area contributed by atoms with Gasteiger partial charge in [0.25, 0.3) is 0 Å². The Morgan fingerprint density at radius 3 is 2.31 bits per heavy atom. The van der Waals surface area contributed by atoms with Crippen molar-refractivity contribution in [2.45, 2.75) is 46.5 Å². The van der Waals surface area contributed by atoms with Gasteiger partial charge in [0.2, 0.25) is 0 Å². The predicted molar refractivity (Wildman–Crippen MR) is 55.4 cm³/mol. The van der Waals surface area contributed by atoms with Crippen molar-refractivity contribution in [3.8, 4) is 0 Å². The lowest BCUT2D eigenvalue weighted by molar-refractivity contribution is -0.194. The normalized spacial score (nSPS) is 63.5. The molecule has 74 valence electrons. The molecule has 0 radical (unpaired) electrons. The van der Waals surface area contributed by atoms with Crippen LogP contribution in [-0.2, 0) is 0 Å². The van der Waals surface area contributed by atoms with E-state index in [1.54, 1.807) is 19.3 Å². The van der Waals surface area contributed by atoms with Crippen molar-refractivity contribution < 1.29 is 0 Å². The number of hydrogen-bond donors (Lipinski definition) is 0. The fourth-order valence-electron chi connectivity index (χ4n) is 4.40. The van der Waals surface area contributed by atoms with Gasteiger partial charge in [-0.2, -0.15) is 0 Å². The van der Waals surface area contributed by atoms with Crippen LogP contribution in [0.3, 0.4) is 0 Å². The minimum absolute atomic E-state index is 0.856. The van der Waals surface area contributed by atoms with Crippen molar-refractivity contribution in [2.24, 2.45) is 35.0 Å². The molecule has 0 aromatic carbocycles. The molecule has 0 nitrogen and oxygen atoms in total. The Hall–Kier alpha value is 0. The molecule has 3 saturated carbocycles. The molecule has 3 rings (SSSR count). The Labute approximate surface area is 82.1 Å². The summed E-state index contributed by atoms with van der Waals surface area (Å²) in [5, 5.41) is 0. The standard InChI is InChI=1S/C13H22/c1-8-6-11(8)7-13-5-4-12(13)9(2)10(13)3/h8-12H,4-7H2,1-3H3. The quantitative estimate of drug-likeness (QED) is 0.604. The van der Waals surface area contributed by atoms with E-state index in [2.05, 4.69) is 20.8 Å². The first-order valence-corrected chi connectivity index (χ1v) is 6.15. The van der Waals surface area contributed by atoms with Crippen LogP contribution in [0.2, 0.25) is 0 Å². The second-order valence-corrected chi connectivity index (χ2v) is 6.20. The highest BCUT2D eigenvalue weighted by Gasteiger charge is 2.64. The predicted octanol–water partition coefficient (Wildman–Crippen LogP) is 3.71. The Morgan fingerprint density at radius 2 is 1.92 bits per heavy atom. The fraction of sp³-hybridized carbons (Fsp3) is 1.00. The van der Waals surface area contributed by atoms with Gasteiger partial charge in [0.05, 0.1) is 0 Å². The van der Waals surface area contributed by atoms with Gasteiger partial charge >= 0.3 is 0 Å². The highest BCUT2D eigenvalue weighted by atomic mass is 14.7. The smallest absolute Gasteiger partial charge is 0.0235 e. The maximum Gasteiger partial charge on any atom is -0.0235 e. The molecule has 0 bridgehead atoms. The SMILES string of the molecule is CC1CC1CC12CCC1C(C)C2C. The molecule has 6 atom stereocenters. The molecule has 0 aliphatic heterocycles. The van der Waals surface area contributed by atoms with Crippen LogP contribution in [0.15, 0.2) is 0 Å². The Morgan fingerprint density at radius 1 is 1.23 bits per heavy atom. The van der Waals surface area contributed by atoms with E-state index in [0.717, 1.165) is 35.0 Å². The van der Waals surface area contributed by atoms with Gasteiger partial charge in [0, 0.05) is 0 Å². The minimum atomic E-state index is 0.856. The number of hydrogen-bond acceptors (Lipinski definition) is 0. The van der Waals surface area contributed by atoms with E-state index in [4.69, 9.17) is 0 Å². The summed E-state index contributed by atoms with van der Waals surface area (Å²) in [6, 6.07) is 0. The largest absolute Gasteiger partial charge is 0.0622 e. The van der Waals surface area contributed by atoms with Crippen molar-refractivity contribution in [3.63, 3.8) is 0 Å². The van der Waals surface area contributed by atoms with Crippen molar-refractivity contribution >= 4 is 0 Å². The molecular formula is C13H22. The van der Waals surface area contributed by atoms with Gasteiger partial charge in [0.1, 0.15) is 0 Å². The first-order chi connectivity index (χ1) is 6.15. The molecule has 0 N–H and O–H groups in total. The molecule has 0 heteroatoms. The summed E-state index contributed by atoms with van der Waals surface area (Å²) in [7, 11) is 0. The summed E-state index contributed by atoms with van der Waals surface area (Å²) in [5.74, 6) is 5.41. The lowest BCUT2D eigenvalue weighted by Gasteiger charge is -2.68. The maximum atomic E-state index is 2.51. The van der Waals surface area contributed by atoms with Gasteiger partial charge in [-0.3, -0.25) is 0 Å². The van der Waals surface area contributed by atoms with Crippen molar-refractivity contribution in [1.82, 2.24) is 0 Å². The van der Waals surface area contributed by atoms with Gasteiger partial charge in [0.15, 0.2) is 0 Å². The molecule has 0 saturated heterocycles. The van der Waals surface area contributed by atoms with Crippen LogP contribution < -0.4 is 0 Å². The van der Waals surface area contributed by atoms with Crippen LogP contribution in [0, 0.1) is 35.0 Å². The van der Waals surface area contributed by atoms with Crippen LogP contribution in [0.4, 0.5) is 0 Å². The average Bonchev–Trinajstić information content (AvgIpc) is 2.74. The summed E-state index contributed by atoms with van der Waals surface area (Å²) in [6.07, 6.45) is 6.24. The van der Waals surface area contributed by atoms with E-state index in [1.165, 1.54) is 6.42 Å². The van der Waals surface area contributed by atoms with Crippen LogP contribution in [-0.4, -0.2) is 0 Å². The second-order valence-electron chi connectivity index (χ2n) is 6.20. The molecule has 13 heavy (non-hydrogen) atoms. The van der Waals surface area contributed by atoms with Gasteiger partial charge < -0.3 is 0 Å². The average molecular weight is 178 g/mol. The van der Waals surface area contributed by atoms with E-state index >= 15 is 0 Å². The molecule has 0 spiro atoms. The second kappa shape index (κ2) is 2.32. The zero-order valence-electron chi connectivity index (χ0n) is 9.22. The van der Waals surface area contributed by atoms with Crippen LogP contribution in [0.25, 0.3) is 0 Å². The zero-order valence-corrected chi connectivity index (χ0v) is 9.22. The summed E-state index contributed by atoms with van der Waals surface area (Å²) in [6.45, 7) is 7.41. The molecule has 0 aromatic rings. The Kier molecular flexibility index (Phi) is 1.49. The van der Waals surface area contributed by atoms with Gasteiger partial charge in [-0.1, -0.05) is 20.8 Å². The topological polar surface area (TPSA) is 0 Å². The highest BCUT2D eigenvalue weighted by molar-refractivity contribution is 5.12. The monoisotopic (exact) mass is 178 g/mol. The van der Waals surface area contributed by atoms with Crippen molar-refractivity contribution in [3.05, 3.63) is 0 Å². The number of fused-ring (bicyclic) bond motifs is 1. The molecule has 6 unspecified atom stereocenters. The summed E-state index contributed by atoms with van der Waals surface area (Å²) in [5.41, 5.74) is 0.856. The summed E-state index contributed by atoms with van der Waals surface area (Å²) < 4.78 is 0. The lowest BCUT2D eigenvalue weighted by Crippen LogP contribution is -2.61. The van der Waals surface area contributed by atoms with Crippen molar-refractivity contribution in [1.29, 1.82) is 0 Å². The molecule has 3 fully saturated rings. The number of rotatable bonds is 2. The third-order valence-electron chi connectivity index (χ3n) is 5.91. The third-order valence-corrected chi connectivity index (χ3v) is 5.91. The van der Waals surface area contributed by atoms with Crippen LogP contribution >= 0.6 is 0 Å². The van der Waals surface area contributed by atoms with Gasteiger partial charge in [-0.15, -0.1) is 0 Å². The third kappa shape index (κ3) is 0.877. The van der Waals surface area contributed by atoms with Gasteiger partial charge in [-0.25, -0.2) is 0 Å². The zero-order chi connectivity index (χ0) is 9.22. The molecule has 0 aromatic heterocycles. The molecule has 3 aliphatic carbocycles. The fourth-order valence-corrected chi connectivity index (χ4v) is 4.40. The maximum absolute atomic E-state index is 2.51. The molecule has 3 aliphatic rings. The first kappa shape index (κ1) is 8.32. The highest BCUT2D eigenvalue weighted by Crippen LogP contribution is 2.71. The van der Waals surface area contributed by atoms with Gasteiger partial charge in [-0.05, 0) is 60.7 Å². The first-order valence-electron chi connectivity index (χ1n) is 6.15. The lowest BCUT2D eigenvalue weighted by atomic mass is 9.37. The van der Waals surface area contributed by atoms with E-state index in [9.17, 15) is 0 Å². The molecule has 0 heterocycles. The molecular weight excluding hydrogens is 156 g/mol. The van der Waals surface area contributed by atoms with E-state index in [1.807, 2.05) is 0 Å². The minimum Gasteiger partial charge on any atom is -0.0622 e. The summed E-state index contributed by atoms with van der Waals surface area (Å²) in [4.78, 5) is 0. The Bertz CT molecular complexity index is 224. The van der Waals surface area contributed by atoms with Crippen LogP contribution in [0.5, 0.6) is 0 Å². The van der Waals surface area contributed by atoms with E-state index in [0.29, 0.717) is 0 Å². The van der Waals surface area contributed by atoms with E-state index < -0.39 is 0 Å². The Balaban J connectivity index is 1.69. The molecule has 0 amide bonds. The van der Waals surface area contributed by atoms with Crippen molar-refractivity contribution in [2.75, 3.05) is 0 Å². The summed E-state index contributed by atoms with van der Waals surface area (Å²) >= 11 is 0. The van der Waals surface area contributed by atoms with Crippen LogP contribution in [0.1, 0.15) is 46.5 Å². The van der Waals surface area contributed by atoms with E-state index in [-0.39, 0.29) is 0 Å².